The first-order valence-corrected chi connectivity index (χ1v) is 8.12. The molecule has 126 valence electrons. The van der Waals surface area contributed by atoms with Gasteiger partial charge in [0.15, 0.2) is 0 Å². The van der Waals surface area contributed by atoms with Crippen LogP contribution in [0.3, 0.4) is 0 Å². The molecule has 4 nitrogen and oxygen atoms in total. The number of hydrogen-bond acceptors (Lipinski definition) is 2. The van der Waals surface area contributed by atoms with Gasteiger partial charge in [0.2, 0.25) is 11.8 Å². The molecule has 0 unspecified atom stereocenters. The van der Waals surface area contributed by atoms with Gasteiger partial charge >= 0.3 is 0 Å². The van der Waals surface area contributed by atoms with Crippen LogP contribution in [0.2, 0.25) is 0 Å². The van der Waals surface area contributed by atoms with Gasteiger partial charge in [0, 0.05) is 20.0 Å². The second kappa shape index (κ2) is 8.29. The fourth-order valence-electron chi connectivity index (χ4n) is 2.49. The zero-order valence-electron chi connectivity index (χ0n) is 14.5. The smallest absolute Gasteiger partial charge is 0.242 e. The number of amides is 2. The van der Waals surface area contributed by atoms with Crippen molar-refractivity contribution < 1.29 is 9.59 Å². The highest BCUT2D eigenvalue weighted by Crippen LogP contribution is 2.10. The number of benzene rings is 2. The van der Waals surface area contributed by atoms with Crippen molar-refractivity contribution in [2.24, 2.45) is 0 Å². The lowest BCUT2D eigenvalue weighted by Crippen LogP contribution is -2.46. The summed E-state index contributed by atoms with van der Waals surface area (Å²) in [4.78, 5) is 25.9. The molecule has 0 fully saturated rings. The van der Waals surface area contributed by atoms with Crippen LogP contribution in [0, 0.1) is 6.92 Å². The molecule has 0 heterocycles. The maximum Gasteiger partial charge on any atom is 0.242 e. The number of nitrogens with zero attached hydrogens (tertiary/aromatic N) is 1. The van der Waals surface area contributed by atoms with E-state index in [2.05, 4.69) is 5.32 Å². The Balaban J connectivity index is 1.97. The van der Waals surface area contributed by atoms with E-state index >= 15 is 0 Å². The van der Waals surface area contributed by atoms with Gasteiger partial charge in [0.1, 0.15) is 6.04 Å². The van der Waals surface area contributed by atoms with Crippen LogP contribution in [-0.2, 0) is 22.7 Å². The molecule has 1 N–H and O–H groups in total. The highest BCUT2D eigenvalue weighted by Gasteiger charge is 2.23. The van der Waals surface area contributed by atoms with Gasteiger partial charge in [-0.1, -0.05) is 60.2 Å². The number of rotatable bonds is 6. The maximum atomic E-state index is 12.4. The molecule has 0 saturated heterocycles. The molecule has 2 aromatic rings. The fourth-order valence-corrected chi connectivity index (χ4v) is 2.49. The molecule has 0 bridgehead atoms. The summed E-state index contributed by atoms with van der Waals surface area (Å²) in [5.74, 6) is -0.265. The summed E-state index contributed by atoms with van der Waals surface area (Å²) in [7, 11) is 0. The minimum absolute atomic E-state index is 0.114. The first kappa shape index (κ1) is 17.7. The standard InChI is InChI=1S/C20H24N2O2/c1-15-9-11-18(12-10-15)13-21-20(24)16(2)22(17(3)23)14-19-7-5-4-6-8-19/h4-12,16H,13-14H2,1-3H3,(H,21,24)/t16-/m1/s1. The molecule has 0 aliphatic heterocycles. The molecule has 24 heavy (non-hydrogen) atoms. The molecule has 0 aliphatic rings. The van der Waals surface area contributed by atoms with E-state index in [-0.39, 0.29) is 11.8 Å². The Morgan fingerprint density at radius 2 is 1.62 bits per heavy atom. The van der Waals surface area contributed by atoms with Crippen molar-refractivity contribution in [3.63, 3.8) is 0 Å². The van der Waals surface area contributed by atoms with Gasteiger partial charge in [-0.2, -0.15) is 0 Å². The van der Waals surface area contributed by atoms with E-state index in [1.807, 2.05) is 61.5 Å². The lowest BCUT2D eigenvalue weighted by molar-refractivity contribution is -0.139. The van der Waals surface area contributed by atoms with Gasteiger partial charge in [-0.05, 0) is 25.0 Å². The molecule has 0 radical (unpaired) electrons. The minimum Gasteiger partial charge on any atom is -0.350 e. The molecule has 1 atom stereocenters. The van der Waals surface area contributed by atoms with E-state index in [0.717, 1.165) is 11.1 Å². The number of nitrogens with one attached hydrogen (secondary N) is 1. The minimum atomic E-state index is -0.520. The lowest BCUT2D eigenvalue weighted by Gasteiger charge is -2.27. The predicted molar refractivity (Wildman–Crippen MR) is 95.2 cm³/mol. The van der Waals surface area contributed by atoms with Gasteiger partial charge in [-0.25, -0.2) is 0 Å². The van der Waals surface area contributed by atoms with Crippen molar-refractivity contribution >= 4 is 11.8 Å². The van der Waals surface area contributed by atoms with Crippen LogP contribution in [-0.4, -0.2) is 22.8 Å². The van der Waals surface area contributed by atoms with Gasteiger partial charge in [0.05, 0.1) is 0 Å². The summed E-state index contributed by atoms with van der Waals surface area (Å²) in [5.41, 5.74) is 3.23. The lowest BCUT2D eigenvalue weighted by atomic mass is 10.1. The van der Waals surface area contributed by atoms with Gasteiger partial charge in [-0.3, -0.25) is 9.59 Å². The third kappa shape index (κ3) is 4.95. The van der Waals surface area contributed by atoms with Crippen LogP contribution < -0.4 is 5.32 Å². The Kier molecular flexibility index (Phi) is 6.13. The monoisotopic (exact) mass is 324 g/mol. The van der Waals surface area contributed by atoms with Gasteiger partial charge < -0.3 is 10.2 Å². The summed E-state index contributed by atoms with van der Waals surface area (Å²) < 4.78 is 0. The van der Waals surface area contributed by atoms with Crippen LogP contribution in [0.15, 0.2) is 54.6 Å². The molecule has 0 saturated carbocycles. The number of hydrogen-bond donors (Lipinski definition) is 1. The summed E-state index contributed by atoms with van der Waals surface area (Å²) in [6.45, 7) is 6.16. The van der Waals surface area contributed by atoms with Crippen LogP contribution in [0.25, 0.3) is 0 Å². The number of aryl methyl sites for hydroxylation is 1. The van der Waals surface area contributed by atoms with E-state index in [9.17, 15) is 9.59 Å². The summed E-state index contributed by atoms with van der Waals surface area (Å²) in [6, 6.07) is 17.2. The fraction of sp³-hybridized carbons (Fsp3) is 0.300. The van der Waals surface area contributed by atoms with E-state index in [1.54, 1.807) is 11.8 Å². The third-order valence-electron chi connectivity index (χ3n) is 4.03. The van der Waals surface area contributed by atoms with Crippen molar-refractivity contribution in [1.29, 1.82) is 0 Å². The number of carbonyl (C=O) groups excluding carboxylic acids is 2. The quantitative estimate of drug-likeness (QED) is 0.888. The molecule has 2 aromatic carbocycles. The molecule has 0 spiro atoms. The molecule has 2 amide bonds. The highest BCUT2D eigenvalue weighted by atomic mass is 16.2. The number of carbonyl (C=O) groups is 2. The summed E-state index contributed by atoms with van der Waals surface area (Å²) in [5, 5.41) is 2.91. The van der Waals surface area contributed by atoms with Gasteiger partial charge in [-0.15, -0.1) is 0 Å². The van der Waals surface area contributed by atoms with E-state index in [4.69, 9.17) is 0 Å². The predicted octanol–water partition coefficient (Wildman–Crippen LogP) is 3.05. The van der Waals surface area contributed by atoms with Crippen molar-refractivity contribution in [1.82, 2.24) is 10.2 Å². The summed E-state index contributed by atoms with van der Waals surface area (Å²) >= 11 is 0. The van der Waals surface area contributed by atoms with Crippen LogP contribution in [0.5, 0.6) is 0 Å². The zero-order valence-corrected chi connectivity index (χ0v) is 14.5. The SMILES string of the molecule is CC(=O)N(Cc1ccccc1)[C@H](C)C(=O)NCc1ccc(C)cc1. The Hall–Kier alpha value is -2.62. The normalized spacial score (nSPS) is 11.6. The van der Waals surface area contributed by atoms with Gasteiger partial charge in [0.25, 0.3) is 0 Å². The van der Waals surface area contributed by atoms with Crippen LogP contribution in [0.4, 0.5) is 0 Å². The first-order valence-electron chi connectivity index (χ1n) is 8.12. The van der Waals surface area contributed by atoms with E-state index < -0.39 is 6.04 Å². The Labute approximate surface area is 143 Å². The maximum absolute atomic E-state index is 12.4. The van der Waals surface area contributed by atoms with Crippen molar-refractivity contribution in [2.75, 3.05) is 0 Å². The third-order valence-corrected chi connectivity index (χ3v) is 4.03. The first-order chi connectivity index (χ1) is 11.5. The summed E-state index contributed by atoms with van der Waals surface area (Å²) in [6.07, 6.45) is 0. The molecular weight excluding hydrogens is 300 g/mol. The molecule has 0 aromatic heterocycles. The topological polar surface area (TPSA) is 49.4 Å². The molecule has 2 rings (SSSR count). The molecule has 0 aliphatic carbocycles. The average Bonchev–Trinajstić information content (AvgIpc) is 2.59. The zero-order chi connectivity index (χ0) is 17.5. The van der Waals surface area contributed by atoms with E-state index in [0.29, 0.717) is 13.1 Å². The Morgan fingerprint density at radius 1 is 1.00 bits per heavy atom. The molecule has 4 heteroatoms. The van der Waals surface area contributed by atoms with Crippen LogP contribution in [0.1, 0.15) is 30.5 Å². The van der Waals surface area contributed by atoms with Crippen molar-refractivity contribution in [2.45, 2.75) is 39.9 Å². The Bertz CT molecular complexity index is 681. The Morgan fingerprint density at radius 3 is 2.21 bits per heavy atom. The van der Waals surface area contributed by atoms with Crippen molar-refractivity contribution in [3.8, 4) is 0 Å². The average molecular weight is 324 g/mol. The highest BCUT2D eigenvalue weighted by molar-refractivity contribution is 5.86. The van der Waals surface area contributed by atoms with Crippen molar-refractivity contribution in [3.05, 3.63) is 71.3 Å². The molecular formula is C20H24N2O2. The largest absolute Gasteiger partial charge is 0.350 e. The van der Waals surface area contributed by atoms with Crippen LogP contribution >= 0.6 is 0 Å². The second-order valence-electron chi connectivity index (χ2n) is 6.01. The van der Waals surface area contributed by atoms with E-state index in [1.165, 1.54) is 12.5 Å². The second-order valence-corrected chi connectivity index (χ2v) is 6.01.